The van der Waals surface area contributed by atoms with Gasteiger partial charge in [0.1, 0.15) is 4.90 Å². The van der Waals surface area contributed by atoms with E-state index in [-0.39, 0.29) is 16.6 Å². The second kappa shape index (κ2) is 5.48. The van der Waals surface area contributed by atoms with Gasteiger partial charge in [-0.05, 0) is 49.9 Å². The molecule has 5 nitrogen and oxygen atoms in total. The highest BCUT2D eigenvalue weighted by Crippen LogP contribution is 2.23. The summed E-state index contributed by atoms with van der Waals surface area (Å²) in [5.41, 5.74) is 8.01. The number of sulfonamides is 1. The topological polar surface area (TPSA) is 81.4 Å². The summed E-state index contributed by atoms with van der Waals surface area (Å²) in [6, 6.07) is 3.15. The van der Waals surface area contributed by atoms with Crippen molar-refractivity contribution in [1.29, 1.82) is 0 Å². The van der Waals surface area contributed by atoms with Gasteiger partial charge in [-0.1, -0.05) is 0 Å². The number of benzene rings is 1. The van der Waals surface area contributed by atoms with E-state index in [9.17, 15) is 8.42 Å². The van der Waals surface area contributed by atoms with Gasteiger partial charge in [0.15, 0.2) is 0 Å². The van der Waals surface area contributed by atoms with E-state index in [2.05, 4.69) is 4.72 Å². The average molecular weight is 284 g/mol. The van der Waals surface area contributed by atoms with Crippen LogP contribution in [0.2, 0.25) is 0 Å². The number of nitrogens with two attached hydrogens (primary N) is 1. The molecule has 0 aliphatic carbocycles. The van der Waals surface area contributed by atoms with Crippen molar-refractivity contribution in [2.75, 3.05) is 18.9 Å². The number of aryl methyl sites for hydroxylation is 2. The Hall–Kier alpha value is -1.11. The highest BCUT2D eigenvalue weighted by atomic mass is 32.2. The van der Waals surface area contributed by atoms with Gasteiger partial charge in [0.2, 0.25) is 10.0 Å². The summed E-state index contributed by atoms with van der Waals surface area (Å²) < 4.78 is 32.6. The summed E-state index contributed by atoms with van der Waals surface area (Å²) in [6.45, 7) is 4.90. The molecule has 1 saturated heterocycles. The normalized spacial score (nSPS) is 20.4. The minimum atomic E-state index is -3.58. The number of hydrogen-bond donors (Lipinski definition) is 2. The molecule has 0 aromatic heterocycles. The molecule has 0 amide bonds. The first kappa shape index (κ1) is 14.3. The molecule has 1 heterocycles. The lowest BCUT2D eigenvalue weighted by Crippen LogP contribution is -2.40. The van der Waals surface area contributed by atoms with Crippen LogP contribution in [-0.2, 0) is 14.8 Å². The molecule has 2 rings (SSSR count). The molecule has 0 spiro atoms. The van der Waals surface area contributed by atoms with Crippen molar-refractivity contribution in [3.8, 4) is 0 Å². The lowest BCUT2D eigenvalue weighted by atomic mass is 10.1. The second-order valence-corrected chi connectivity index (χ2v) is 6.69. The third kappa shape index (κ3) is 3.26. The van der Waals surface area contributed by atoms with Gasteiger partial charge >= 0.3 is 0 Å². The van der Waals surface area contributed by atoms with Gasteiger partial charge in [-0.25, -0.2) is 13.1 Å². The lowest BCUT2D eigenvalue weighted by Gasteiger charge is -2.23. The predicted octanol–water partition coefficient (Wildman–Crippen LogP) is 1.34. The molecule has 1 aliphatic heterocycles. The lowest BCUT2D eigenvalue weighted by molar-refractivity contribution is 0.0774. The van der Waals surface area contributed by atoms with Crippen LogP contribution >= 0.6 is 0 Å². The van der Waals surface area contributed by atoms with E-state index in [0.29, 0.717) is 13.2 Å². The van der Waals surface area contributed by atoms with Gasteiger partial charge in [0.25, 0.3) is 0 Å². The van der Waals surface area contributed by atoms with Crippen molar-refractivity contribution < 1.29 is 13.2 Å². The maximum absolute atomic E-state index is 12.3. The van der Waals surface area contributed by atoms with E-state index in [1.807, 2.05) is 13.8 Å². The molecule has 1 unspecified atom stereocenters. The van der Waals surface area contributed by atoms with E-state index in [1.54, 1.807) is 12.1 Å². The third-order valence-corrected chi connectivity index (χ3v) is 4.97. The molecule has 1 fully saturated rings. The van der Waals surface area contributed by atoms with Gasteiger partial charge in [-0.15, -0.1) is 0 Å². The van der Waals surface area contributed by atoms with Crippen LogP contribution in [0, 0.1) is 13.8 Å². The third-order valence-electron chi connectivity index (χ3n) is 3.40. The van der Waals surface area contributed by atoms with Gasteiger partial charge in [-0.3, -0.25) is 0 Å². The van der Waals surface area contributed by atoms with E-state index in [1.165, 1.54) is 0 Å². The van der Waals surface area contributed by atoms with Gasteiger partial charge in [0, 0.05) is 12.6 Å². The summed E-state index contributed by atoms with van der Waals surface area (Å²) in [4.78, 5) is 0.154. The van der Waals surface area contributed by atoms with Crippen LogP contribution in [-0.4, -0.2) is 27.7 Å². The molecule has 106 valence electrons. The van der Waals surface area contributed by atoms with Crippen LogP contribution in [0.5, 0.6) is 0 Å². The van der Waals surface area contributed by atoms with Crippen LogP contribution < -0.4 is 10.5 Å². The average Bonchev–Trinajstić information content (AvgIpc) is 2.34. The van der Waals surface area contributed by atoms with Gasteiger partial charge < -0.3 is 10.5 Å². The fraction of sp³-hybridized carbons (Fsp3) is 0.538. The SMILES string of the molecule is Cc1cc(N)c(S(=O)(=O)NC2CCCOC2)cc1C. The number of rotatable bonds is 3. The van der Waals surface area contributed by atoms with Gasteiger partial charge in [0.05, 0.1) is 12.3 Å². The minimum absolute atomic E-state index is 0.154. The van der Waals surface area contributed by atoms with Crippen LogP contribution in [0.4, 0.5) is 5.69 Å². The Morgan fingerprint density at radius 1 is 1.32 bits per heavy atom. The largest absolute Gasteiger partial charge is 0.398 e. The Morgan fingerprint density at radius 2 is 2.00 bits per heavy atom. The predicted molar refractivity (Wildman–Crippen MR) is 74.5 cm³/mol. The summed E-state index contributed by atoms with van der Waals surface area (Å²) in [7, 11) is -3.58. The molecule has 6 heteroatoms. The number of ether oxygens (including phenoxy) is 1. The Morgan fingerprint density at radius 3 is 2.63 bits per heavy atom. The Balaban J connectivity index is 2.26. The molecular formula is C13H20N2O3S. The zero-order valence-corrected chi connectivity index (χ0v) is 12.1. The first-order valence-corrected chi connectivity index (χ1v) is 7.85. The highest BCUT2D eigenvalue weighted by molar-refractivity contribution is 7.89. The second-order valence-electron chi connectivity index (χ2n) is 5.01. The van der Waals surface area contributed by atoms with Gasteiger partial charge in [-0.2, -0.15) is 0 Å². The van der Waals surface area contributed by atoms with Crippen LogP contribution in [0.15, 0.2) is 17.0 Å². The van der Waals surface area contributed by atoms with Crippen molar-refractivity contribution in [2.24, 2.45) is 0 Å². The Labute approximate surface area is 114 Å². The molecule has 19 heavy (non-hydrogen) atoms. The fourth-order valence-electron chi connectivity index (χ4n) is 2.16. The standard InChI is InChI=1S/C13H20N2O3S/c1-9-6-12(14)13(7-10(9)2)19(16,17)15-11-4-3-5-18-8-11/h6-7,11,15H,3-5,8,14H2,1-2H3. The van der Waals surface area contributed by atoms with Crippen molar-refractivity contribution in [3.05, 3.63) is 23.3 Å². The zero-order valence-electron chi connectivity index (χ0n) is 11.3. The number of hydrogen-bond acceptors (Lipinski definition) is 4. The molecule has 1 aliphatic rings. The fourth-order valence-corrected chi connectivity index (χ4v) is 3.61. The summed E-state index contributed by atoms with van der Waals surface area (Å²) in [6.07, 6.45) is 1.67. The highest BCUT2D eigenvalue weighted by Gasteiger charge is 2.24. The Kier molecular flexibility index (Phi) is 4.13. The molecule has 0 radical (unpaired) electrons. The molecule has 3 N–H and O–H groups in total. The quantitative estimate of drug-likeness (QED) is 0.821. The molecular weight excluding hydrogens is 264 g/mol. The first-order valence-electron chi connectivity index (χ1n) is 6.37. The van der Waals surface area contributed by atoms with Crippen molar-refractivity contribution >= 4 is 15.7 Å². The number of anilines is 1. The van der Waals surface area contributed by atoms with Crippen LogP contribution in [0.25, 0.3) is 0 Å². The number of nitrogen functional groups attached to an aromatic ring is 1. The molecule has 1 aromatic rings. The van der Waals surface area contributed by atoms with Crippen molar-refractivity contribution in [1.82, 2.24) is 4.72 Å². The van der Waals surface area contributed by atoms with Crippen LogP contribution in [0.3, 0.4) is 0 Å². The summed E-state index contributed by atoms with van der Waals surface area (Å²) in [5.74, 6) is 0. The summed E-state index contributed by atoms with van der Waals surface area (Å²) >= 11 is 0. The Bertz CT molecular complexity index is 563. The van der Waals surface area contributed by atoms with E-state index in [4.69, 9.17) is 10.5 Å². The molecule has 0 saturated carbocycles. The first-order chi connectivity index (χ1) is 8.90. The van der Waals surface area contributed by atoms with Crippen LogP contribution in [0.1, 0.15) is 24.0 Å². The van der Waals surface area contributed by atoms with Crippen molar-refractivity contribution in [3.63, 3.8) is 0 Å². The summed E-state index contributed by atoms with van der Waals surface area (Å²) in [5, 5.41) is 0. The van der Waals surface area contributed by atoms with E-state index < -0.39 is 10.0 Å². The molecule has 0 bridgehead atoms. The smallest absolute Gasteiger partial charge is 0.242 e. The van der Waals surface area contributed by atoms with E-state index in [0.717, 1.165) is 24.0 Å². The monoisotopic (exact) mass is 284 g/mol. The number of nitrogens with one attached hydrogen (secondary N) is 1. The maximum atomic E-state index is 12.3. The molecule has 1 aromatic carbocycles. The maximum Gasteiger partial charge on any atom is 0.242 e. The van der Waals surface area contributed by atoms with E-state index >= 15 is 0 Å². The zero-order chi connectivity index (χ0) is 14.0. The molecule has 1 atom stereocenters. The minimum Gasteiger partial charge on any atom is -0.398 e. The van der Waals surface area contributed by atoms with Crippen molar-refractivity contribution in [2.45, 2.75) is 37.6 Å².